The molecule has 1 N–H and O–H groups in total. The summed E-state index contributed by atoms with van der Waals surface area (Å²) >= 11 is 6.04. The fraction of sp³-hybridized carbons (Fsp3) is 0.583. The molecule has 0 radical (unpaired) electrons. The Labute approximate surface area is 112 Å². The molecule has 0 fully saturated rings. The van der Waals surface area contributed by atoms with E-state index in [9.17, 15) is 4.79 Å². The number of ether oxygens (including phenoxy) is 1. The van der Waals surface area contributed by atoms with Gasteiger partial charge in [0.2, 0.25) is 0 Å². The third-order valence-electron chi connectivity index (χ3n) is 2.46. The first-order chi connectivity index (χ1) is 8.58. The molecule has 18 heavy (non-hydrogen) atoms. The zero-order chi connectivity index (χ0) is 13.5. The fourth-order valence-electron chi connectivity index (χ4n) is 1.43. The molecule has 5 nitrogen and oxygen atoms in total. The van der Waals surface area contributed by atoms with Gasteiger partial charge in [0.15, 0.2) is 0 Å². The van der Waals surface area contributed by atoms with Crippen LogP contribution in [0, 0.1) is 6.92 Å². The molecule has 0 aliphatic rings. The highest BCUT2D eigenvalue weighted by molar-refractivity contribution is 6.30. The molecule has 6 heteroatoms. The molecule has 0 unspecified atom stereocenters. The van der Waals surface area contributed by atoms with Crippen molar-refractivity contribution >= 4 is 23.4 Å². The minimum Gasteiger partial charge on any atom is -0.469 e. The summed E-state index contributed by atoms with van der Waals surface area (Å²) < 4.78 is 4.57. The molecular weight excluding hydrogens is 254 g/mol. The monoisotopic (exact) mass is 271 g/mol. The zero-order valence-corrected chi connectivity index (χ0v) is 11.7. The third-order valence-corrected chi connectivity index (χ3v) is 2.82. The van der Waals surface area contributed by atoms with Crippen molar-refractivity contribution < 1.29 is 9.53 Å². The number of carbonyl (C=O) groups excluding carboxylic acids is 1. The van der Waals surface area contributed by atoms with Gasteiger partial charge in [-0.25, -0.2) is 9.97 Å². The summed E-state index contributed by atoms with van der Waals surface area (Å²) in [5.41, 5.74) is 0.793. The van der Waals surface area contributed by atoms with Gasteiger partial charge < -0.3 is 10.1 Å². The molecule has 100 valence electrons. The molecule has 1 rings (SSSR count). The lowest BCUT2D eigenvalue weighted by atomic mass is 10.3. The van der Waals surface area contributed by atoms with E-state index < -0.39 is 0 Å². The Balaban J connectivity index is 2.71. The van der Waals surface area contributed by atoms with Gasteiger partial charge in [0.25, 0.3) is 0 Å². The van der Waals surface area contributed by atoms with Crippen LogP contribution in [-0.2, 0) is 16.0 Å². The van der Waals surface area contributed by atoms with E-state index in [4.69, 9.17) is 11.6 Å². The van der Waals surface area contributed by atoms with Crippen molar-refractivity contribution in [3.63, 3.8) is 0 Å². The number of nitrogens with zero attached hydrogens (tertiary/aromatic N) is 2. The van der Waals surface area contributed by atoms with Crippen LogP contribution in [0.4, 0.5) is 5.82 Å². The molecule has 0 bridgehead atoms. The third kappa shape index (κ3) is 4.14. The van der Waals surface area contributed by atoms with E-state index in [1.165, 1.54) is 7.11 Å². The lowest BCUT2D eigenvalue weighted by Crippen LogP contribution is -2.12. The van der Waals surface area contributed by atoms with Crippen LogP contribution in [0.2, 0.25) is 5.15 Å². The van der Waals surface area contributed by atoms with Crippen LogP contribution in [0.5, 0.6) is 0 Å². The normalized spacial score (nSPS) is 10.2. The van der Waals surface area contributed by atoms with Crippen molar-refractivity contribution in [2.45, 2.75) is 33.1 Å². The van der Waals surface area contributed by atoms with Crippen LogP contribution in [0.25, 0.3) is 0 Å². The van der Waals surface area contributed by atoms with Gasteiger partial charge >= 0.3 is 5.97 Å². The number of rotatable bonds is 6. The van der Waals surface area contributed by atoms with Crippen molar-refractivity contribution in [1.82, 2.24) is 9.97 Å². The molecule has 1 aromatic rings. The van der Waals surface area contributed by atoms with Crippen molar-refractivity contribution in [3.05, 3.63) is 16.5 Å². The highest BCUT2D eigenvalue weighted by Gasteiger charge is 2.09. The Morgan fingerprint density at radius 1 is 1.44 bits per heavy atom. The van der Waals surface area contributed by atoms with Crippen LogP contribution < -0.4 is 5.32 Å². The summed E-state index contributed by atoms with van der Waals surface area (Å²) in [4.78, 5) is 19.6. The Morgan fingerprint density at radius 3 is 2.78 bits per heavy atom. The molecular formula is C12H18ClN3O2. The second-order valence-electron chi connectivity index (χ2n) is 3.91. The molecule has 0 saturated heterocycles. The number of carbonyl (C=O) groups is 1. The second-order valence-corrected chi connectivity index (χ2v) is 4.27. The molecule has 0 atom stereocenters. The minimum absolute atomic E-state index is 0.255. The van der Waals surface area contributed by atoms with Crippen molar-refractivity contribution in [1.29, 1.82) is 0 Å². The van der Waals surface area contributed by atoms with Gasteiger partial charge in [-0.2, -0.15) is 0 Å². The van der Waals surface area contributed by atoms with Crippen molar-refractivity contribution in [2.75, 3.05) is 19.0 Å². The van der Waals surface area contributed by atoms with E-state index >= 15 is 0 Å². The van der Waals surface area contributed by atoms with Gasteiger partial charge in [0, 0.05) is 18.5 Å². The maximum atomic E-state index is 11.0. The largest absolute Gasteiger partial charge is 0.469 e. The summed E-state index contributed by atoms with van der Waals surface area (Å²) in [6.45, 7) is 4.37. The fourth-order valence-corrected chi connectivity index (χ4v) is 1.61. The lowest BCUT2D eigenvalue weighted by molar-refractivity contribution is -0.140. The standard InChI is InChI=1S/C12H18ClN3O2/c1-4-5-9-15-11(13)8(2)12(16-9)14-7-6-10(17)18-3/h4-7H2,1-3H3,(H,14,15,16). The first-order valence-electron chi connectivity index (χ1n) is 5.92. The summed E-state index contributed by atoms with van der Waals surface area (Å²) in [5, 5.41) is 3.53. The van der Waals surface area contributed by atoms with Crippen LogP contribution in [0.3, 0.4) is 0 Å². The van der Waals surface area contributed by atoms with E-state index in [0.29, 0.717) is 29.8 Å². The highest BCUT2D eigenvalue weighted by Crippen LogP contribution is 2.20. The van der Waals surface area contributed by atoms with Gasteiger partial charge in [-0.1, -0.05) is 18.5 Å². The van der Waals surface area contributed by atoms with Crippen molar-refractivity contribution in [2.24, 2.45) is 0 Å². The Morgan fingerprint density at radius 2 is 2.17 bits per heavy atom. The quantitative estimate of drug-likeness (QED) is 0.636. The molecule has 1 heterocycles. The molecule has 0 aliphatic heterocycles. The number of aromatic nitrogens is 2. The Hall–Kier alpha value is -1.36. The topological polar surface area (TPSA) is 64.1 Å². The van der Waals surface area contributed by atoms with Crippen molar-refractivity contribution in [3.8, 4) is 0 Å². The van der Waals surface area contributed by atoms with E-state index in [1.807, 2.05) is 6.92 Å². The van der Waals surface area contributed by atoms with E-state index in [-0.39, 0.29) is 5.97 Å². The van der Waals surface area contributed by atoms with Gasteiger partial charge in [-0.15, -0.1) is 0 Å². The van der Waals surface area contributed by atoms with Gasteiger partial charge in [0.05, 0.1) is 13.5 Å². The smallest absolute Gasteiger partial charge is 0.307 e. The molecule has 1 aromatic heterocycles. The SMILES string of the molecule is CCCc1nc(Cl)c(C)c(NCCC(=O)OC)n1. The lowest BCUT2D eigenvalue weighted by Gasteiger charge is -2.10. The summed E-state index contributed by atoms with van der Waals surface area (Å²) in [5.74, 6) is 1.14. The maximum Gasteiger partial charge on any atom is 0.307 e. The number of hydrogen-bond donors (Lipinski definition) is 1. The maximum absolute atomic E-state index is 11.0. The summed E-state index contributed by atoms with van der Waals surface area (Å²) in [6.07, 6.45) is 2.04. The molecule has 0 amide bonds. The number of halogens is 1. The highest BCUT2D eigenvalue weighted by atomic mass is 35.5. The molecule has 0 saturated carbocycles. The van der Waals surface area contributed by atoms with Crippen LogP contribution in [0.1, 0.15) is 31.2 Å². The van der Waals surface area contributed by atoms with Gasteiger partial charge in [-0.3, -0.25) is 4.79 Å². The molecule has 0 spiro atoms. The van der Waals surface area contributed by atoms with E-state index in [0.717, 1.165) is 18.4 Å². The second kappa shape index (κ2) is 7.16. The van der Waals surface area contributed by atoms with Crippen LogP contribution in [-0.4, -0.2) is 29.6 Å². The number of anilines is 1. The minimum atomic E-state index is -0.255. The summed E-state index contributed by atoms with van der Waals surface area (Å²) in [6, 6.07) is 0. The van der Waals surface area contributed by atoms with Crippen LogP contribution >= 0.6 is 11.6 Å². The Bertz CT molecular complexity index is 424. The van der Waals surface area contributed by atoms with Crippen LogP contribution in [0.15, 0.2) is 0 Å². The van der Waals surface area contributed by atoms with Gasteiger partial charge in [-0.05, 0) is 13.3 Å². The number of methoxy groups -OCH3 is 1. The predicted octanol–water partition coefficient (Wildman–Crippen LogP) is 2.37. The van der Waals surface area contributed by atoms with E-state index in [2.05, 4.69) is 26.9 Å². The average Bonchev–Trinajstić information content (AvgIpc) is 2.35. The number of esters is 1. The van der Waals surface area contributed by atoms with Gasteiger partial charge in [0.1, 0.15) is 16.8 Å². The predicted molar refractivity (Wildman–Crippen MR) is 70.9 cm³/mol. The Kier molecular flexibility index (Phi) is 5.85. The zero-order valence-electron chi connectivity index (χ0n) is 10.9. The molecule has 0 aromatic carbocycles. The van der Waals surface area contributed by atoms with E-state index in [1.54, 1.807) is 0 Å². The summed E-state index contributed by atoms with van der Waals surface area (Å²) in [7, 11) is 1.37. The number of aryl methyl sites for hydroxylation is 1. The first kappa shape index (κ1) is 14.7. The number of hydrogen-bond acceptors (Lipinski definition) is 5. The average molecular weight is 272 g/mol. The number of nitrogens with one attached hydrogen (secondary N) is 1. The molecule has 0 aliphatic carbocycles. The first-order valence-corrected chi connectivity index (χ1v) is 6.30.